The summed E-state index contributed by atoms with van der Waals surface area (Å²) in [6.07, 6.45) is 2.78. The first-order valence-electron chi connectivity index (χ1n) is 6.31. The lowest BCUT2D eigenvalue weighted by molar-refractivity contribution is 0.711. The Kier molecular flexibility index (Phi) is 3.21. The Balaban J connectivity index is 1.69. The highest BCUT2D eigenvalue weighted by atomic mass is 32.1. The van der Waals surface area contributed by atoms with Crippen LogP contribution in [0, 0.1) is 6.92 Å². The van der Waals surface area contributed by atoms with Gasteiger partial charge >= 0.3 is 0 Å². The largest absolute Gasteiger partial charge is 0.361 e. The SMILES string of the molecule is Cc1cccc2sc(NCCc3ccnn3C)nc12. The van der Waals surface area contributed by atoms with Crippen LogP contribution in [0.3, 0.4) is 0 Å². The second-order valence-electron chi connectivity index (χ2n) is 4.56. The van der Waals surface area contributed by atoms with Crippen molar-refractivity contribution >= 4 is 26.7 Å². The van der Waals surface area contributed by atoms with Crippen LogP contribution in [0.15, 0.2) is 30.5 Å². The molecule has 0 spiro atoms. The molecular weight excluding hydrogens is 256 g/mol. The van der Waals surface area contributed by atoms with Crippen LogP contribution >= 0.6 is 11.3 Å². The van der Waals surface area contributed by atoms with Gasteiger partial charge in [0.05, 0.1) is 10.2 Å². The minimum absolute atomic E-state index is 0.873. The van der Waals surface area contributed by atoms with Crippen LogP contribution in [0.5, 0.6) is 0 Å². The molecule has 2 aromatic heterocycles. The molecule has 0 aliphatic rings. The number of nitrogens with one attached hydrogen (secondary N) is 1. The van der Waals surface area contributed by atoms with Crippen LogP contribution in [-0.4, -0.2) is 21.3 Å². The predicted molar refractivity (Wildman–Crippen MR) is 79.8 cm³/mol. The number of thiazole rings is 1. The zero-order valence-corrected chi connectivity index (χ0v) is 11.9. The van der Waals surface area contributed by atoms with Crippen LogP contribution < -0.4 is 5.32 Å². The molecule has 0 bridgehead atoms. The fourth-order valence-corrected chi connectivity index (χ4v) is 3.08. The van der Waals surface area contributed by atoms with Gasteiger partial charge in [-0.3, -0.25) is 4.68 Å². The smallest absolute Gasteiger partial charge is 0.183 e. The maximum absolute atomic E-state index is 4.64. The van der Waals surface area contributed by atoms with Gasteiger partial charge in [-0.2, -0.15) is 5.10 Å². The molecular formula is C14H16N4S. The summed E-state index contributed by atoms with van der Waals surface area (Å²) in [5.41, 5.74) is 3.56. The average molecular weight is 272 g/mol. The normalized spacial score (nSPS) is 11.1. The van der Waals surface area contributed by atoms with Gasteiger partial charge in [0.25, 0.3) is 0 Å². The Morgan fingerprint density at radius 2 is 2.21 bits per heavy atom. The predicted octanol–water partition coefficient (Wildman–Crippen LogP) is 2.99. The molecule has 0 aliphatic heterocycles. The second-order valence-corrected chi connectivity index (χ2v) is 5.59. The highest BCUT2D eigenvalue weighted by molar-refractivity contribution is 7.22. The molecule has 1 aromatic carbocycles. The maximum atomic E-state index is 4.64. The summed E-state index contributed by atoms with van der Waals surface area (Å²) in [6, 6.07) is 8.34. The number of hydrogen-bond donors (Lipinski definition) is 1. The Bertz CT molecular complexity index is 698. The zero-order chi connectivity index (χ0) is 13.2. The zero-order valence-electron chi connectivity index (χ0n) is 11.1. The summed E-state index contributed by atoms with van der Waals surface area (Å²) in [5, 5.41) is 8.55. The van der Waals surface area contributed by atoms with Gasteiger partial charge in [-0.1, -0.05) is 23.5 Å². The molecule has 3 rings (SSSR count). The van der Waals surface area contributed by atoms with E-state index in [2.05, 4.69) is 40.5 Å². The first kappa shape index (κ1) is 12.2. The van der Waals surface area contributed by atoms with Crippen LogP contribution in [-0.2, 0) is 13.5 Å². The second kappa shape index (κ2) is 5.01. The molecule has 0 atom stereocenters. The third-order valence-corrected chi connectivity index (χ3v) is 4.18. The average Bonchev–Trinajstić information content (AvgIpc) is 2.97. The molecule has 4 nitrogen and oxygen atoms in total. The lowest BCUT2D eigenvalue weighted by Crippen LogP contribution is -2.07. The molecule has 0 amide bonds. The molecule has 0 saturated carbocycles. The van der Waals surface area contributed by atoms with E-state index < -0.39 is 0 Å². The van der Waals surface area contributed by atoms with Crippen molar-refractivity contribution in [1.29, 1.82) is 0 Å². The van der Waals surface area contributed by atoms with Gasteiger partial charge < -0.3 is 5.32 Å². The summed E-state index contributed by atoms with van der Waals surface area (Å²) < 4.78 is 3.15. The molecule has 1 N–H and O–H groups in total. The summed E-state index contributed by atoms with van der Waals surface area (Å²) in [5.74, 6) is 0. The molecule has 98 valence electrons. The van der Waals surface area contributed by atoms with Gasteiger partial charge in [0.1, 0.15) is 0 Å². The van der Waals surface area contributed by atoms with E-state index in [1.807, 2.05) is 24.0 Å². The summed E-state index contributed by atoms with van der Waals surface area (Å²) in [6.45, 7) is 2.97. The minimum Gasteiger partial charge on any atom is -0.361 e. The Hall–Kier alpha value is -1.88. The van der Waals surface area contributed by atoms with Crippen LogP contribution in [0.25, 0.3) is 10.2 Å². The van der Waals surface area contributed by atoms with Crippen LogP contribution in [0.1, 0.15) is 11.3 Å². The fourth-order valence-electron chi connectivity index (χ4n) is 2.11. The van der Waals surface area contributed by atoms with E-state index in [-0.39, 0.29) is 0 Å². The van der Waals surface area contributed by atoms with Crippen LogP contribution in [0.4, 0.5) is 5.13 Å². The first-order chi connectivity index (χ1) is 9.24. The molecule has 5 heteroatoms. The number of para-hydroxylation sites is 1. The van der Waals surface area contributed by atoms with Crippen molar-refractivity contribution < 1.29 is 0 Å². The third kappa shape index (κ3) is 2.46. The lowest BCUT2D eigenvalue weighted by Gasteiger charge is -2.02. The number of fused-ring (bicyclic) bond motifs is 1. The molecule has 0 saturated heterocycles. The van der Waals surface area contributed by atoms with E-state index in [4.69, 9.17) is 0 Å². The monoisotopic (exact) mass is 272 g/mol. The van der Waals surface area contributed by atoms with Gasteiger partial charge in [-0.15, -0.1) is 0 Å². The topological polar surface area (TPSA) is 42.7 Å². The van der Waals surface area contributed by atoms with E-state index in [1.54, 1.807) is 11.3 Å². The van der Waals surface area contributed by atoms with Crippen molar-refractivity contribution in [3.63, 3.8) is 0 Å². The van der Waals surface area contributed by atoms with Crippen molar-refractivity contribution in [3.05, 3.63) is 41.7 Å². The number of nitrogens with zero attached hydrogens (tertiary/aromatic N) is 3. The van der Waals surface area contributed by atoms with Crippen LogP contribution in [0.2, 0.25) is 0 Å². The molecule has 0 unspecified atom stereocenters. The van der Waals surface area contributed by atoms with Gasteiger partial charge in [-0.05, 0) is 24.6 Å². The fraction of sp³-hybridized carbons (Fsp3) is 0.286. The van der Waals surface area contributed by atoms with E-state index >= 15 is 0 Å². The number of rotatable bonds is 4. The Morgan fingerprint density at radius 1 is 1.32 bits per heavy atom. The van der Waals surface area contributed by atoms with E-state index in [0.717, 1.165) is 23.6 Å². The number of anilines is 1. The lowest BCUT2D eigenvalue weighted by atomic mass is 10.2. The highest BCUT2D eigenvalue weighted by Gasteiger charge is 2.05. The van der Waals surface area contributed by atoms with Crippen molar-refractivity contribution in [2.75, 3.05) is 11.9 Å². The molecule has 0 fully saturated rings. The Morgan fingerprint density at radius 3 is 2.95 bits per heavy atom. The Labute approximate surface area is 116 Å². The third-order valence-electron chi connectivity index (χ3n) is 3.20. The molecule has 0 aliphatic carbocycles. The number of hydrogen-bond acceptors (Lipinski definition) is 4. The van der Waals surface area contributed by atoms with Crippen molar-refractivity contribution in [3.8, 4) is 0 Å². The molecule has 2 heterocycles. The molecule has 19 heavy (non-hydrogen) atoms. The minimum atomic E-state index is 0.873. The molecule has 0 radical (unpaired) electrons. The number of aryl methyl sites for hydroxylation is 2. The quantitative estimate of drug-likeness (QED) is 0.794. The maximum Gasteiger partial charge on any atom is 0.183 e. The van der Waals surface area contributed by atoms with Crippen molar-refractivity contribution in [2.24, 2.45) is 7.05 Å². The van der Waals surface area contributed by atoms with E-state index in [1.165, 1.54) is 16.0 Å². The van der Waals surface area contributed by atoms with Gasteiger partial charge in [-0.25, -0.2) is 4.98 Å². The van der Waals surface area contributed by atoms with E-state index in [0.29, 0.717) is 0 Å². The standard InChI is InChI=1S/C14H16N4S/c1-10-4-3-5-12-13(10)17-14(19-12)15-8-6-11-7-9-16-18(11)2/h3-5,7,9H,6,8H2,1-2H3,(H,15,17). The summed E-state index contributed by atoms with van der Waals surface area (Å²) in [4.78, 5) is 4.64. The van der Waals surface area contributed by atoms with Crippen molar-refractivity contribution in [2.45, 2.75) is 13.3 Å². The first-order valence-corrected chi connectivity index (χ1v) is 7.12. The highest BCUT2D eigenvalue weighted by Crippen LogP contribution is 2.27. The van der Waals surface area contributed by atoms with Crippen molar-refractivity contribution in [1.82, 2.24) is 14.8 Å². The van der Waals surface area contributed by atoms with Gasteiger partial charge in [0.2, 0.25) is 0 Å². The van der Waals surface area contributed by atoms with Gasteiger partial charge in [0.15, 0.2) is 5.13 Å². The number of aromatic nitrogens is 3. The number of benzene rings is 1. The van der Waals surface area contributed by atoms with Gasteiger partial charge in [0, 0.05) is 31.9 Å². The van der Waals surface area contributed by atoms with E-state index in [9.17, 15) is 0 Å². The molecule has 3 aromatic rings. The summed E-state index contributed by atoms with van der Waals surface area (Å²) in [7, 11) is 1.97. The summed E-state index contributed by atoms with van der Waals surface area (Å²) >= 11 is 1.71.